The molecule has 14 heteroatoms. The van der Waals surface area contributed by atoms with E-state index in [-0.39, 0.29) is 43.8 Å². The second-order valence-corrected chi connectivity index (χ2v) is 12.2. The molecular formula is C23H24N8O3S3. The van der Waals surface area contributed by atoms with Crippen LogP contribution in [-0.2, 0) is 14.8 Å². The van der Waals surface area contributed by atoms with Gasteiger partial charge in [0.2, 0.25) is 11.0 Å². The number of nitrogens with two attached hydrogens (primary N) is 1. The number of nitriles is 2. The molecular weight excluding hydrogens is 533 g/mol. The Morgan fingerprint density at radius 3 is 2.32 bits per heavy atom. The van der Waals surface area contributed by atoms with E-state index in [0.29, 0.717) is 22.7 Å². The molecule has 0 radical (unpaired) electrons. The minimum atomic E-state index is -3.87. The van der Waals surface area contributed by atoms with Gasteiger partial charge in [0.05, 0.1) is 21.3 Å². The fraction of sp³-hybridized carbons (Fsp3) is 0.304. The number of hydrogen-bond donors (Lipinski definition) is 3. The van der Waals surface area contributed by atoms with Gasteiger partial charge in [0.15, 0.2) is 0 Å². The van der Waals surface area contributed by atoms with Gasteiger partial charge in [0.25, 0.3) is 10.0 Å². The molecule has 1 unspecified atom stereocenters. The summed E-state index contributed by atoms with van der Waals surface area (Å²) in [6.45, 7) is 7.23. The molecule has 2 heterocycles. The van der Waals surface area contributed by atoms with Crippen LogP contribution in [0.15, 0.2) is 34.2 Å². The molecule has 1 aromatic carbocycles. The molecule has 0 aliphatic rings. The molecule has 11 nitrogen and oxygen atoms in total. The summed E-state index contributed by atoms with van der Waals surface area (Å²) in [6, 6.07) is 9.82. The van der Waals surface area contributed by atoms with Gasteiger partial charge in [-0.2, -0.15) is 10.5 Å². The number of nitrogen functional groups attached to an aromatic ring is 1. The van der Waals surface area contributed by atoms with Crippen molar-refractivity contribution in [2.24, 2.45) is 0 Å². The van der Waals surface area contributed by atoms with Gasteiger partial charge in [-0.05, 0) is 49.1 Å². The van der Waals surface area contributed by atoms with E-state index in [1.807, 2.05) is 26.8 Å². The van der Waals surface area contributed by atoms with Crippen molar-refractivity contribution in [3.05, 3.63) is 46.0 Å². The maximum atomic E-state index is 13.0. The van der Waals surface area contributed by atoms with Crippen molar-refractivity contribution < 1.29 is 13.2 Å². The molecule has 3 aromatic rings. The first-order chi connectivity index (χ1) is 17.5. The first-order valence-electron chi connectivity index (χ1n) is 11.0. The van der Waals surface area contributed by atoms with E-state index in [4.69, 9.17) is 5.73 Å². The topological polar surface area (TPSA) is 188 Å². The Labute approximate surface area is 223 Å². The molecule has 0 bridgehead atoms. The number of aryl methyl sites for hydroxylation is 1. The van der Waals surface area contributed by atoms with Gasteiger partial charge in [0, 0.05) is 5.69 Å². The lowest BCUT2D eigenvalue weighted by Crippen LogP contribution is -2.25. The fourth-order valence-corrected chi connectivity index (χ4v) is 6.24. The molecule has 192 valence electrons. The minimum absolute atomic E-state index is 0.00287. The zero-order valence-electron chi connectivity index (χ0n) is 20.4. The average molecular weight is 557 g/mol. The Hall–Kier alpha value is -3.72. The molecule has 0 aliphatic heterocycles. The smallest absolute Gasteiger partial charge is 0.263 e. The largest absolute Gasteiger partial charge is 0.383 e. The zero-order chi connectivity index (χ0) is 27.3. The number of sulfonamides is 1. The van der Waals surface area contributed by atoms with Crippen molar-refractivity contribution in [1.29, 1.82) is 10.5 Å². The maximum absolute atomic E-state index is 13.0. The summed E-state index contributed by atoms with van der Waals surface area (Å²) in [5.41, 5.74) is 7.28. The number of rotatable bonds is 9. The Bertz CT molecular complexity index is 1500. The van der Waals surface area contributed by atoms with Crippen LogP contribution in [0, 0.1) is 29.6 Å². The van der Waals surface area contributed by atoms with E-state index in [0.717, 1.165) is 23.1 Å². The number of thioether (sulfide) groups is 1. The van der Waals surface area contributed by atoms with Crippen molar-refractivity contribution in [3.8, 4) is 12.1 Å². The van der Waals surface area contributed by atoms with Gasteiger partial charge < -0.3 is 11.1 Å². The fourth-order valence-electron chi connectivity index (χ4n) is 3.40. The lowest BCUT2D eigenvalue weighted by molar-refractivity contribution is -0.115. The molecule has 1 atom stereocenters. The molecule has 2 aromatic heterocycles. The number of pyridine rings is 1. The van der Waals surface area contributed by atoms with E-state index in [1.54, 1.807) is 6.92 Å². The highest BCUT2D eigenvalue weighted by Gasteiger charge is 2.26. The normalized spacial score (nSPS) is 12.0. The summed E-state index contributed by atoms with van der Waals surface area (Å²) in [4.78, 5) is 17.3. The first kappa shape index (κ1) is 27.9. The Morgan fingerprint density at radius 2 is 1.81 bits per heavy atom. The van der Waals surface area contributed by atoms with Crippen molar-refractivity contribution in [2.45, 2.75) is 55.2 Å². The van der Waals surface area contributed by atoms with Crippen molar-refractivity contribution in [1.82, 2.24) is 15.2 Å². The van der Waals surface area contributed by atoms with Gasteiger partial charge in [-0.25, -0.2) is 13.4 Å². The Morgan fingerprint density at radius 1 is 1.16 bits per heavy atom. The van der Waals surface area contributed by atoms with Crippen LogP contribution in [0.3, 0.4) is 0 Å². The third-order valence-corrected chi connectivity index (χ3v) is 8.72. The van der Waals surface area contributed by atoms with Crippen LogP contribution in [0.1, 0.15) is 54.8 Å². The molecule has 0 fully saturated rings. The number of benzene rings is 1. The number of amides is 1. The predicted molar refractivity (Wildman–Crippen MR) is 143 cm³/mol. The number of nitrogens with zero attached hydrogens (tertiary/aromatic N) is 5. The minimum Gasteiger partial charge on any atom is -0.383 e. The summed E-state index contributed by atoms with van der Waals surface area (Å²) >= 11 is 2.20. The second-order valence-electron chi connectivity index (χ2n) is 8.10. The van der Waals surface area contributed by atoms with Gasteiger partial charge in [-0.15, -0.1) is 10.2 Å². The SMILES string of the molecule is CCC(Sc1nc(N)c(C#N)c(C(C)C)c1C#N)C(=O)Nc1ccc(S(=O)(=O)Nc2nnc(C)s2)cc1. The van der Waals surface area contributed by atoms with Crippen molar-refractivity contribution in [2.75, 3.05) is 15.8 Å². The van der Waals surface area contributed by atoms with Gasteiger partial charge in [-0.3, -0.25) is 9.52 Å². The van der Waals surface area contributed by atoms with Crippen LogP contribution in [0.2, 0.25) is 0 Å². The van der Waals surface area contributed by atoms with Gasteiger partial charge in [-0.1, -0.05) is 43.9 Å². The van der Waals surface area contributed by atoms with Crippen molar-refractivity contribution >= 4 is 55.7 Å². The number of aromatic nitrogens is 3. The Kier molecular flexibility index (Phi) is 8.70. The van der Waals surface area contributed by atoms with E-state index < -0.39 is 15.3 Å². The molecule has 1 amide bonds. The van der Waals surface area contributed by atoms with Crippen LogP contribution in [-0.4, -0.2) is 34.8 Å². The van der Waals surface area contributed by atoms with Gasteiger partial charge in [0.1, 0.15) is 28.0 Å². The molecule has 0 aliphatic carbocycles. The number of hydrogen-bond acceptors (Lipinski definition) is 11. The zero-order valence-corrected chi connectivity index (χ0v) is 22.9. The summed E-state index contributed by atoms with van der Waals surface area (Å²) in [7, 11) is -3.87. The second kappa shape index (κ2) is 11.6. The average Bonchev–Trinajstić information content (AvgIpc) is 3.25. The number of anilines is 3. The lowest BCUT2D eigenvalue weighted by atomic mass is 9.94. The number of nitrogens with one attached hydrogen (secondary N) is 2. The highest BCUT2D eigenvalue weighted by Crippen LogP contribution is 2.35. The maximum Gasteiger partial charge on any atom is 0.263 e. The highest BCUT2D eigenvalue weighted by atomic mass is 32.2. The van der Waals surface area contributed by atoms with Crippen LogP contribution in [0.5, 0.6) is 0 Å². The number of carbonyl (C=O) groups excluding carboxylic acids is 1. The molecule has 0 spiro atoms. The lowest BCUT2D eigenvalue weighted by Gasteiger charge is -2.18. The summed E-state index contributed by atoms with van der Waals surface area (Å²) < 4.78 is 27.5. The monoisotopic (exact) mass is 556 g/mol. The van der Waals surface area contributed by atoms with E-state index >= 15 is 0 Å². The molecule has 37 heavy (non-hydrogen) atoms. The Balaban J connectivity index is 1.78. The van der Waals surface area contributed by atoms with Crippen molar-refractivity contribution in [3.63, 3.8) is 0 Å². The van der Waals surface area contributed by atoms with E-state index in [2.05, 4.69) is 31.3 Å². The third kappa shape index (κ3) is 6.35. The summed E-state index contributed by atoms with van der Waals surface area (Å²) in [5.74, 6) is -0.495. The van der Waals surface area contributed by atoms with E-state index in [9.17, 15) is 23.7 Å². The van der Waals surface area contributed by atoms with E-state index in [1.165, 1.54) is 24.3 Å². The molecule has 3 rings (SSSR count). The molecule has 0 saturated heterocycles. The highest BCUT2D eigenvalue weighted by molar-refractivity contribution is 8.00. The standard InChI is InChI=1S/C23H24N8O3S3/c1-5-18(36-22-17(11-25)19(12(2)3)16(10-24)20(26)28-22)21(32)27-14-6-8-15(9-7-14)37(33,34)31-23-30-29-13(4)35-23/h6-9,12,18H,5H2,1-4H3,(H2,26,28)(H,27,32)(H,30,31). The third-order valence-electron chi connectivity index (χ3n) is 5.13. The summed E-state index contributed by atoms with van der Waals surface area (Å²) in [6.07, 6.45) is 0.414. The first-order valence-corrected chi connectivity index (χ1v) is 14.2. The molecule has 4 N–H and O–H groups in total. The predicted octanol–water partition coefficient (Wildman–Crippen LogP) is 4.00. The van der Waals surface area contributed by atoms with Crippen LogP contribution >= 0.6 is 23.1 Å². The quantitative estimate of drug-likeness (QED) is 0.325. The molecule has 0 saturated carbocycles. The van der Waals surface area contributed by atoms with Crippen LogP contribution in [0.25, 0.3) is 0 Å². The number of carbonyl (C=O) groups is 1. The summed E-state index contributed by atoms with van der Waals surface area (Å²) in [5, 5.41) is 30.0. The van der Waals surface area contributed by atoms with Crippen LogP contribution in [0.4, 0.5) is 16.6 Å². The van der Waals surface area contributed by atoms with Crippen LogP contribution < -0.4 is 15.8 Å². The van der Waals surface area contributed by atoms with Gasteiger partial charge >= 0.3 is 0 Å².